The number of thiophene rings is 2. The predicted octanol–water partition coefficient (Wildman–Crippen LogP) is 5.96. The maximum Gasteiger partial charge on any atom is 0.0494 e. The molecule has 1 nitrogen and oxygen atoms in total. The topological polar surface area (TPSA) is 12.0 Å². The van der Waals surface area contributed by atoms with E-state index in [0.717, 1.165) is 13.0 Å². The molecule has 2 heterocycles. The van der Waals surface area contributed by atoms with Gasteiger partial charge in [-0.15, -0.1) is 22.7 Å². The fourth-order valence-electron chi connectivity index (χ4n) is 2.50. The van der Waals surface area contributed by atoms with Gasteiger partial charge >= 0.3 is 0 Å². The molecule has 1 N–H and O–H groups in total. The molecular formula is C18H19NS2. The zero-order valence-corrected chi connectivity index (χ0v) is 14.0. The first-order valence-electron chi connectivity index (χ1n) is 7.21. The molecule has 0 radical (unpaired) electrons. The highest BCUT2D eigenvalue weighted by Crippen LogP contribution is 2.30. The number of aryl methyl sites for hydroxylation is 2. The minimum Gasteiger partial charge on any atom is -0.380 e. The smallest absolute Gasteiger partial charge is 0.0494 e. The van der Waals surface area contributed by atoms with Crippen molar-refractivity contribution in [2.24, 2.45) is 0 Å². The van der Waals surface area contributed by atoms with Crippen LogP contribution < -0.4 is 5.32 Å². The van der Waals surface area contributed by atoms with E-state index in [1.165, 1.54) is 32.1 Å². The molecule has 0 fully saturated rings. The highest BCUT2D eigenvalue weighted by atomic mass is 32.1. The minimum atomic E-state index is 0.897. The highest BCUT2D eigenvalue weighted by molar-refractivity contribution is 7.14. The average molecular weight is 313 g/mol. The van der Waals surface area contributed by atoms with E-state index >= 15 is 0 Å². The number of anilines is 1. The molecule has 0 aliphatic rings. The van der Waals surface area contributed by atoms with Crippen molar-refractivity contribution in [1.82, 2.24) is 0 Å². The summed E-state index contributed by atoms with van der Waals surface area (Å²) in [6.07, 6.45) is 1.06. The van der Waals surface area contributed by atoms with E-state index in [9.17, 15) is 0 Å². The van der Waals surface area contributed by atoms with Crippen molar-refractivity contribution in [3.05, 3.63) is 63.2 Å². The third-order valence-electron chi connectivity index (χ3n) is 3.64. The number of benzene rings is 1. The lowest BCUT2D eigenvalue weighted by molar-refractivity contribution is 1.09. The fourth-order valence-corrected chi connectivity index (χ4v) is 4.11. The van der Waals surface area contributed by atoms with E-state index in [0.29, 0.717) is 0 Å². The van der Waals surface area contributed by atoms with Crippen LogP contribution >= 0.6 is 22.7 Å². The molecule has 0 atom stereocenters. The van der Waals surface area contributed by atoms with E-state index in [2.05, 4.69) is 66.3 Å². The van der Waals surface area contributed by atoms with Crippen LogP contribution in [0.15, 0.2) is 47.2 Å². The normalized spacial score (nSPS) is 10.8. The van der Waals surface area contributed by atoms with Gasteiger partial charge in [0.2, 0.25) is 0 Å². The van der Waals surface area contributed by atoms with Gasteiger partial charge in [0.15, 0.2) is 0 Å². The maximum atomic E-state index is 3.62. The lowest BCUT2D eigenvalue weighted by Gasteiger charge is -2.13. The summed E-state index contributed by atoms with van der Waals surface area (Å²) in [4.78, 5) is 2.73. The molecule has 2 aromatic heterocycles. The lowest BCUT2D eigenvalue weighted by Crippen LogP contribution is -2.02. The van der Waals surface area contributed by atoms with Gasteiger partial charge in [-0.25, -0.2) is 0 Å². The third kappa shape index (κ3) is 3.20. The Morgan fingerprint density at radius 1 is 1.10 bits per heavy atom. The van der Waals surface area contributed by atoms with E-state index < -0.39 is 0 Å². The first-order valence-corrected chi connectivity index (χ1v) is 8.97. The number of hydrogen-bond donors (Lipinski definition) is 1. The van der Waals surface area contributed by atoms with Crippen molar-refractivity contribution in [3.63, 3.8) is 0 Å². The van der Waals surface area contributed by atoms with Crippen LogP contribution in [0.25, 0.3) is 10.4 Å². The van der Waals surface area contributed by atoms with Crippen LogP contribution in [0.2, 0.25) is 0 Å². The van der Waals surface area contributed by atoms with Gasteiger partial charge in [0, 0.05) is 27.5 Å². The Morgan fingerprint density at radius 3 is 2.76 bits per heavy atom. The van der Waals surface area contributed by atoms with Gasteiger partial charge in [-0.2, -0.15) is 0 Å². The summed E-state index contributed by atoms with van der Waals surface area (Å²) in [5, 5.41) is 8.00. The highest BCUT2D eigenvalue weighted by Gasteiger charge is 2.06. The number of hydrogen-bond acceptors (Lipinski definition) is 3. The van der Waals surface area contributed by atoms with Gasteiger partial charge in [-0.1, -0.05) is 31.2 Å². The Bertz CT molecular complexity index is 711. The monoisotopic (exact) mass is 313 g/mol. The van der Waals surface area contributed by atoms with Crippen molar-refractivity contribution < 1.29 is 0 Å². The lowest BCUT2D eigenvalue weighted by atomic mass is 10.1. The van der Waals surface area contributed by atoms with Crippen molar-refractivity contribution in [3.8, 4) is 10.4 Å². The molecule has 1 aromatic carbocycles. The summed E-state index contributed by atoms with van der Waals surface area (Å²) in [5.74, 6) is 0. The first kappa shape index (κ1) is 14.4. The van der Waals surface area contributed by atoms with Gasteiger partial charge in [0.25, 0.3) is 0 Å². The second kappa shape index (κ2) is 6.46. The molecule has 3 rings (SSSR count). The summed E-state index contributed by atoms with van der Waals surface area (Å²) in [6.45, 7) is 5.28. The largest absolute Gasteiger partial charge is 0.380 e. The number of para-hydroxylation sites is 1. The van der Waals surface area contributed by atoms with Crippen molar-refractivity contribution in [2.45, 2.75) is 26.8 Å². The van der Waals surface area contributed by atoms with Gasteiger partial charge in [-0.05, 0) is 47.4 Å². The molecule has 0 saturated carbocycles. The molecule has 0 spiro atoms. The van der Waals surface area contributed by atoms with E-state index in [1.807, 2.05) is 11.3 Å². The Hall–Kier alpha value is -1.58. The SMILES string of the molecule is CCc1cccc(C)c1NCc1cc(-c2cccs2)cs1. The second-order valence-electron chi connectivity index (χ2n) is 5.10. The zero-order valence-electron chi connectivity index (χ0n) is 12.3. The standard InChI is InChI=1S/C18H19NS2/c1-3-14-7-4-6-13(2)18(14)19-11-16-10-15(12-21-16)17-8-5-9-20-17/h4-10,12,19H,3,11H2,1-2H3. The summed E-state index contributed by atoms with van der Waals surface area (Å²) < 4.78 is 0. The summed E-state index contributed by atoms with van der Waals surface area (Å²) >= 11 is 3.63. The third-order valence-corrected chi connectivity index (χ3v) is 5.49. The minimum absolute atomic E-state index is 0.897. The molecule has 0 bridgehead atoms. The van der Waals surface area contributed by atoms with Crippen LogP contribution in [0.3, 0.4) is 0 Å². The fraction of sp³-hybridized carbons (Fsp3) is 0.222. The van der Waals surface area contributed by atoms with E-state index in [4.69, 9.17) is 0 Å². The van der Waals surface area contributed by atoms with Gasteiger partial charge < -0.3 is 5.32 Å². The zero-order chi connectivity index (χ0) is 14.7. The molecule has 0 aliphatic heterocycles. The molecular weight excluding hydrogens is 294 g/mol. The van der Waals surface area contributed by atoms with Gasteiger partial charge in [0.1, 0.15) is 0 Å². The summed E-state index contributed by atoms with van der Waals surface area (Å²) in [7, 11) is 0. The van der Waals surface area contributed by atoms with Crippen LogP contribution in [0, 0.1) is 6.92 Å². The van der Waals surface area contributed by atoms with Crippen LogP contribution in [0.1, 0.15) is 22.9 Å². The van der Waals surface area contributed by atoms with Gasteiger partial charge in [-0.3, -0.25) is 0 Å². The Labute approximate surface area is 134 Å². The molecule has 0 unspecified atom stereocenters. The quantitative estimate of drug-likeness (QED) is 0.613. The Balaban J connectivity index is 1.74. The molecule has 0 aliphatic carbocycles. The van der Waals surface area contributed by atoms with Crippen molar-refractivity contribution >= 4 is 28.4 Å². The predicted molar refractivity (Wildman–Crippen MR) is 95.5 cm³/mol. The first-order chi connectivity index (χ1) is 10.3. The molecule has 3 heteroatoms. The van der Waals surface area contributed by atoms with Crippen molar-refractivity contribution in [1.29, 1.82) is 0 Å². The average Bonchev–Trinajstić information content (AvgIpc) is 3.16. The molecule has 21 heavy (non-hydrogen) atoms. The molecule has 0 saturated heterocycles. The van der Waals surface area contributed by atoms with Crippen molar-refractivity contribution in [2.75, 3.05) is 5.32 Å². The Kier molecular flexibility index (Phi) is 4.42. The summed E-state index contributed by atoms with van der Waals surface area (Å²) in [6, 6.07) is 13.1. The van der Waals surface area contributed by atoms with E-state index in [1.54, 1.807) is 11.3 Å². The number of nitrogens with one attached hydrogen (secondary N) is 1. The van der Waals surface area contributed by atoms with Crippen LogP contribution in [0.4, 0.5) is 5.69 Å². The van der Waals surface area contributed by atoms with Crippen LogP contribution in [-0.2, 0) is 13.0 Å². The van der Waals surface area contributed by atoms with Crippen LogP contribution in [-0.4, -0.2) is 0 Å². The van der Waals surface area contributed by atoms with Crippen LogP contribution in [0.5, 0.6) is 0 Å². The van der Waals surface area contributed by atoms with E-state index in [-0.39, 0.29) is 0 Å². The second-order valence-corrected chi connectivity index (χ2v) is 7.04. The maximum absolute atomic E-state index is 3.62. The molecule has 108 valence electrons. The number of rotatable bonds is 5. The molecule has 0 amide bonds. The van der Waals surface area contributed by atoms with Gasteiger partial charge in [0.05, 0.1) is 0 Å². The molecule has 3 aromatic rings. The summed E-state index contributed by atoms with van der Waals surface area (Å²) in [5.41, 5.74) is 5.35. The Morgan fingerprint density at radius 2 is 2.00 bits per heavy atom.